The summed E-state index contributed by atoms with van der Waals surface area (Å²) in [5.41, 5.74) is 2.89. The Morgan fingerprint density at radius 3 is 2.57 bits per heavy atom. The zero-order valence-corrected chi connectivity index (χ0v) is 22.2. The lowest BCUT2D eigenvalue weighted by atomic mass is 10.0. The van der Waals surface area contributed by atoms with Gasteiger partial charge < -0.3 is 14.0 Å². The molecule has 0 saturated heterocycles. The quantitative estimate of drug-likeness (QED) is 0.352. The van der Waals surface area contributed by atoms with Crippen LogP contribution in [0.25, 0.3) is 10.2 Å². The number of sulfonamides is 1. The fourth-order valence-corrected chi connectivity index (χ4v) is 7.15. The van der Waals surface area contributed by atoms with Crippen LogP contribution in [0.2, 0.25) is 0 Å². The molecule has 2 heterocycles. The van der Waals surface area contributed by atoms with E-state index in [-0.39, 0.29) is 4.90 Å². The number of hydrogen-bond donors (Lipinski definition) is 0. The number of para-hydroxylation sites is 2. The largest absolute Gasteiger partial charge is 0.495 e. The zero-order chi connectivity index (χ0) is 26.0. The van der Waals surface area contributed by atoms with Crippen molar-refractivity contribution in [3.8, 4) is 5.75 Å². The van der Waals surface area contributed by atoms with Crippen LogP contribution in [0.4, 0.5) is 5.69 Å². The molecular formula is C27H27N3O5S2. The molecule has 1 amide bonds. The number of hydrogen-bond acceptors (Lipinski definition) is 6. The average molecular weight is 538 g/mol. The summed E-state index contributed by atoms with van der Waals surface area (Å²) in [7, 11) is -0.535. The van der Waals surface area contributed by atoms with Crippen molar-refractivity contribution in [2.45, 2.75) is 24.3 Å². The van der Waals surface area contributed by atoms with E-state index in [9.17, 15) is 13.2 Å². The number of fused-ring (bicyclic) bond motifs is 2. The lowest BCUT2D eigenvalue weighted by molar-refractivity contribution is 0.0997. The number of nitrogens with zero attached hydrogens (tertiary/aromatic N) is 3. The highest BCUT2D eigenvalue weighted by Gasteiger charge is 2.29. The van der Waals surface area contributed by atoms with E-state index in [4.69, 9.17) is 9.47 Å². The second-order valence-corrected chi connectivity index (χ2v) is 11.5. The van der Waals surface area contributed by atoms with Crippen LogP contribution >= 0.6 is 11.3 Å². The van der Waals surface area contributed by atoms with Crippen LogP contribution in [-0.4, -0.2) is 46.3 Å². The molecule has 0 unspecified atom stereocenters. The number of carbonyl (C=O) groups is 1. The van der Waals surface area contributed by atoms with Gasteiger partial charge in [-0.1, -0.05) is 35.6 Å². The minimum Gasteiger partial charge on any atom is -0.495 e. The van der Waals surface area contributed by atoms with Gasteiger partial charge in [-0.3, -0.25) is 9.10 Å². The van der Waals surface area contributed by atoms with Gasteiger partial charge in [-0.15, -0.1) is 0 Å². The number of carbonyl (C=O) groups excluding carboxylic acids is 1. The van der Waals surface area contributed by atoms with Crippen molar-refractivity contribution in [2.24, 2.45) is 4.99 Å². The zero-order valence-electron chi connectivity index (χ0n) is 20.6. The fraction of sp³-hybridized carbons (Fsp3) is 0.259. The molecule has 3 aromatic carbocycles. The predicted molar refractivity (Wildman–Crippen MR) is 144 cm³/mol. The van der Waals surface area contributed by atoms with Crippen LogP contribution in [0, 0.1) is 0 Å². The second kappa shape index (κ2) is 10.5. The van der Waals surface area contributed by atoms with Crippen LogP contribution in [0.5, 0.6) is 5.75 Å². The molecule has 0 aliphatic carbocycles. The summed E-state index contributed by atoms with van der Waals surface area (Å²) in [5, 5.41) is 0. The Morgan fingerprint density at radius 1 is 1.03 bits per heavy atom. The first kappa shape index (κ1) is 25.2. The number of anilines is 1. The number of aryl methyl sites for hydroxylation is 1. The number of rotatable bonds is 7. The standard InChI is InChI=1S/C27H27N3O5S2/c1-34-18-17-29-25-23(35-2)10-5-11-24(25)36-27(29)28-26(31)20-12-14-21(15-13-20)37(32,33)30-16-6-8-19-7-3-4-9-22(19)30/h3-5,7,9-15H,6,8,16-18H2,1-2H3. The molecule has 5 rings (SSSR count). The van der Waals surface area contributed by atoms with Gasteiger partial charge in [0.15, 0.2) is 4.80 Å². The number of methoxy groups -OCH3 is 2. The van der Waals surface area contributed by atoms with E-state index in [1.807, 2.05) is 47.0 Å². The molecule has 0 atom stereocenters. The van der Waals surface area contributed by atoms with Gasteiger partial charge in [0.05, 0.1) is 29.0 Å². The number of ether oxygens (including phenoxy) is 2. The van der Waals surface area contributed by atoms with Crippen molar-refractivity contribution in [1.29, 1.82) is 0 Å². The summed E-state index contributed by atoms with van der Waals surface area (Å²) >= 11 is 1.38. The molecule has 0 N–H and O–H groups in total. The molecule has 1 aliphatic rings. The van der Waals surface area contributed by atoms with Crippen molar-refractivity contribution in [3.05, 3.63) is 82.7 Å². The summed E-state index contributed by atoms with van der Waals surface area (Å²) < 4.78 is 41.9. The maximum Gasteiger partial charge on any atom is 0.279 e. The van der Waals surface area contributed by atoms with E-state index in [2.05, 4.69) is 4.99 Å². The van der Waals surface area contributed by atoms with E-state index in [1.165, 1.54) is 39.9 Å². The summed E-state index contributed by atoms with van der Waals surface area (Å²) in [5.74, 6) is 0.233. The summed E-state index contributed by atoms with van der Waals surface area (Å²) in [6.45, 7) is 1.36. The van der Waals surface area contributed by atoms with E-state index in [0.29, 0.717) is 41.5 Å². The van der Waals surface area contributed by atoms with Gasteiger partial charge in [-0.2, -0.15) is 4.99 Å². The van der Waals surface area contributed by atoms with Crippen LogP contribution in [0.1, 0.15) is 22.3 Å². The monoisotopic (exact) mass is 537 g/mol. The van der Waals surface area contributed by atoms with Crippen LogP contribution < -0.4 is 13.8 Å². The van der Waals surface area contributed by atoms with Gasteiger partial charge >= 0.3 is 0 Å². The van der Waals surface area contributed by atoms with Gasteiger partial charge in [-0.25, -0.2) is 8.42 Å². The Morgan fingerprint density at radius 2 is 1.81 bits per heavy atom. The lowest BCUT2D eigenvalue weighted by Crippen LogP contribution is -2.35. The second-order valence-electron chi connectivity index (χ2n) is 8.59. The molecule has 4 aromatic rings. The van der Waals surface area contributed by atoms with Gasteiger partial charge in [0.1, 0.15) is 11.3 Å². The molecule has 0 spiro atoms. The van der Waals surface area contributed by atoms with Crippen LogP contribution in [0.15, 0.2) is 76.6 Å². The average Bonchev–Trinajstić information content (AvgIpc) is 3.28. The highest BCUT2D eigenvalue weighted by Crippen LogP contribution is 2.32. The maximum absolute atomic E-state index is 13.4. The Kier molecular flexibility index (Phi) is 7.14. The first-order valence-electron chi connectivity index (χ1n) is 11.9. The SMILES string of the molecule is COCCn1c(=NC(=O)c2ccc(S(=O)(=O)N3CCCc4ccccc43)cc2)sc2cccc(OC)c21. The number of thiazole rings is 1. The molecule has 10 heteroatoms. The molecule has 1 aliphatic heterocycles. The van der Waals surface area contributed by atoms with Gasteiger partial charge in [0.25, 0.3) is 15.9 Å². The highest BCUT2D eigenvalue weighted by molar-refractivity contribution is 7.92. The fourth-order valence-electron chi connectivity index (χ4n) is 4.53. The molecule has 0 radical (unpaired) electrons. The molecule has 192 valence electrons. The van der Waals surface area contributed by atoms with Gasteiger partial charge in [0, 0.05) is 25.8 Å². The Bertz CT molecular complexity index is 1620. The van der Waals surface area contributed by atoms with Gasteiger partial charge in [-0.05, 0) is 60.9 Å². The molecule has 0 fully saturated rings. The normalized spacial score (nSPS) is 14.1. The number of aromatic nitrogens is 1. The third-order valence-electron chi connectivity index (χ3n) is 6.36. The van der Waals surface area contributed by atoms with Gasteiger partial charge in [0.2, 0.25) is 0 Å². The van der Waals surface area contributed by atoms with Crippen molar-refractivity contribution < 1.29 is 22.7 Å². The van der Waals surface area contributed by atoms with Crippen molar-refractivity contribution in [3.63, 3.8) is 0 Å². The van der Waals surface area contributed by atoms with E-state index < -0.39 is 15.9 Å². The number of benzene rings is 3. The van der Waals surface area contributed by atoms with E-state index >= 15 is 0 Å². The molecule has 8 nitrogen and oxygen atoms in total. The predicted octanol–water partition coefficient (Wildman–Crippen LogP) is 4.24. The maximum atomic E-state index is 13.4. The topological polar surface area (TPSA) is 90.2 Å². The first-order chi connectivity index (χ1) is 17.9. The van der Waals surface area contributed by atoms with Crippen LogP contribution in [0.3, 0.4) is 0 Å². The summed E-state index contributed by atoms with van der Waals surface area (Å²) in [6.07, 6.45) is 1.61. The summed E-state index contributed by atoms with van der Waals surface area (Å²) in [6, 6.07) is 19.3. The Balaban J connectivity index is 1.47. The van der Waals surface area contributed by atoms with Crippen molar-refractivity contribution in [2.75, 3.05) is 31.7 Å². The smallest absolute Gasteiger partial charge is 0.279 e. The third kappa shape index (κ3) is 4.79. The Labute approximate surface area is 219 Å². The van der Waals surface area contributed by atoms with Crippen LogP contribution in [-0.2, 0) is 27.7 Å². The molecule has 37 heavy (non-hydrogen) atoms. The Hall–Kier alpha value is -3.47. The minimum atomic E-state index is -3.76. The van der Waals surface area contributed by atoms with Crippen molar-refractivity contribution in [1.82, 2.24) is 4.57 Å². The highest BCUT2D eigenvalue weighted by atomic mass is 32.2. The van der Waals surface area contributed by atoms with E-state index in [0.717, 1.165) is 28.6 Å². The third-order valence-corrected chi connectivity index (χ3v) is 9.23. The molecule has 0 bridgehead atoms. The number of amides is 1. The molecule has 1 aromatic heterocycles. The summed E-state index contributed by atoms with van der Waals surface area (Å²) in [4.78, 5) is 18.1. The van der Waals surface area contributed by atoms with E-state index in [1.54, 1.807) is 14.2 Å². The first-order valence-corrected chi connectivity index (χ1v) is 14.1. The molecule has 0 saturated carbocycles. The lowest BCUT2D eigenvalue weighted by Gasteiger charge is -2.30. The minimum absolute atomic E-state index is 0.141. The van der Waals surface area contributed by atoms with Crippen molar-refractivity contribution >= 4 is 43.2 Å². The molecular weight excluding hydrogens is 510 g/mol.